The standard InChI is InChI=1S/C11H13N3O/c12-5-10-6-13-14(8-10)7-9-1-3-11(15)4-2-9/h1-4,6,8,15H,5,7,12H2. The lowest BCUT2D eigenvalue weighted by Crippen LogP contribution is -2.00. The highest BCUT2D eigenvalue weighted by Gasteiger charge is 1.98. The van der Waals surface area contributed by atoms with E-state index in [4.69, 9.17) is 10.8 Å². The molecule has 2 rings (SSSR count). The SMILES string of the molecule is NCc1cnn(Cc2ccc(O)cc2)c1. The summed E-state index contributed by atoms with van der Waals surface area (Å²) in [4.78, 5) is 0. The van der Waals surface area contributed by atoms with Gasteiger partial charge in [-0.25, -0.2) is 0 Å². The molecule has 0 amide bonds. The van der Waals surface area contributed by atoms with Crippen molar-refractivity contribution in [3.05, 3.63) is 47.8 Å². The zero-order valence-corrected chi connectivity index (χ0v) is 8.30. The third kappa shape index (κ3) is 2.35. The number of aromatic hydroxyl groups is 1. The van der Waals surface area contributed by atoms with Crippen molar-refractivity contribution >= 4 is 0 Å². The molecule has 15 heavy (non-hydrogen) atoms. The Bertz CT molecular complexity index is 433. The highest BCUT2D eigenvalue weighted by molar-refractivity contribution is 5.26. The van der Waals surface area contributed by atoms with Crippen LogP contribution in [0.1, 0.15) is 11.1 Å². The maximum atomic E-state index is 9.13. The number of phenolic OH excluding ortho intramolecular Hbond substituents is 1. The fourth-order valence-electron chi connectivity index (χ4n) is 1.39. The molecule has 0 aliphatic carbocycles. The Balaban J connectivity index is 2.11. The molecule has 4 heteroatoms. The fraction of sp³-hybridized carbons (Fsp3) is 0.182. The second-order valence-corrected chi connectivity index (χ2v) is 3.42. The van der Waals surface area contributed by atoms with Crippen molar-refractivity contribution in [2.75, 3.05) is 0 Å². The highest BCUT2D eigenvalue weighted by Crippen LogP contribution is 2.10. The van der Waals surface area contributed by atoms with E-state index in [9.17, 15) is 0 Å². The minimum absolute atomic E-state index is 0.280. The first kappa shape index (κ1) is 9.73. The summed E-state index contributed by atoms with van der Waals surface area (Å²) in [6, 6.07) is 7.09. The van der Waals surface area contributed by atoms with Crippen LogP contribution in [0.4, 0.5) is 0 Å². The first-order valence-corrected chi connectivity index (χ1v) is 4.77. The Kier molecular flexibility index (Phi) is 2.69. The van der Waals surface area contributed by atoms with Gasteiger partial charge in [0.05, 0.1) is 12.7 Å². The molecule has 78 valence electrons. The average molecular weight is 203 g/mol. The molecule has 0 aliphatic rings. The highest BCUT2D eigenvalue weighted by atomic mass is 16.3. The first-order chi connectivity index (χ1) is 7.28. The summed E-state index contributed by atoms with van der Waals surface area (Å²) in [6.45, 7) is 1.20. The zero-order valence-electron chi connectivity index (χ0n) is 8.30. The van der Waals surface area contributed by atoms with E-state index in [1.54, 1.807) is 18.3 Å². The van der Waals surface area contributed by atoms with Crippen LogP contribution in [0.5, 0.6) is 5.75 Å². The maximum Gasteiger partial charge on any atom is 0.115 e. The molecule has 1 aromatic heterocycles. The first-order valence-electron chi connectivity index (χ1n) is 4.77. The van der Waals surface area contributed by atoms with E-state index in [1.165, 1.54) is 0 Å². The van der Waals surface area contributed by atoms with Crippen molar-refractivity contribution in [3.63, 3.8) is 0 Å². The number of aromatic nitrogens is 2. The van der Waals surface area contributed by atoms with Crippen LogP contribution < -0.4 is 5.73 Å². The lowest BCUT2D eigenvalue weighted by molar-refractivity contribution is 0.475. The zero-order chi connectivity index (χ0) is 10.7. The molecule has 0 fully saturated rings. The van der Waals surface area contributed by atoms with Crippen LogP contribution in [0.2, 0.25) is 0 Å². The minimum Gasteiger partial charge on any atom is -0.508 e. The normalized spacial score (nSPS) is 10.5. The number of benzene rings is 1. The van der Waals surface area contributed by atoms with E-state index in [0.717, 1.165) is 11.1 Å². The van der Waals surface area contributed by atoms with Crippen molar-refractivity contribution in [3.8, 4) is 5.75 Å². The van der Waals surface area contributed by atoms with Gasteiger partial charge < -0.3 is 10.8 Å². The van der Waals surface area contributed by atoms with Crippen molar-refractivity contribution < 1.29 is 5.11 Å². The Morgan fingerprint density at radius 2 is 1.93 bits per heavy atom. The average Bonchev–Trinajstić information content (AvgIpc) is 2.69. The summed E-state index contributed by atoms with van der Waals surface area (Å²) in [7, 11) is 0. The molecule has 1 heterocycles. The van der Waals surface area contributed by atoms with Gasteiger partial charge in [-0.1, -0.05) is 12.1 Å². The molecule has 3 N–H and O–H groups in total. The monoisotopic (exact) mass is 203 g/mol. The van der Waals surface area contributed by atoms with E-state index < -0.39 is 0 Å². The third-order valence-electron chi connectivity index (χ3n) is 2.20. The Morgan fingerprint density at radius 1 is 1.20 bits per heavy atom. The Hall–Kier alpha value is -1.81. The summed E-state index contributed by atoms with van der Waals surface area (Å²) < 4.78 is 1.83. The smallest absolute Gasteiger partial charge is 0.115 e. The van der Waals surface area contributed by atoms with Crippen LogP contribution in [-0.4, -0.2) is 14.9 Å². The molecular formula is C11H13N3O. The van der Waals surface area contributed by atoms with E-state index in [2.05, 4.69) is 5.10 Å². The molecule has 0 saturated carbocycles. The van der Waals surface area contributed by atoms with Gasteiger partial charge in [-0.05, 0) is 17.7 Å². The Morgan fingerprint density at radius 3 is 2.53 bits per heavy atom. The molecule has 4 nitrogen and oxygen atoms in total. The van der Waals surface area contributed by atoms with Crippen LogP contribution in [0.15, 0.2) is 36.7 Å². The van der Waals surface area contributed by atoms with Crippen molar-refractivity contribution in [1.29, 1.82) is 0 Å². The number of hydrogen-bond donors (Lipinski definition) is 2. The van der Waals surface area contributed by atoms with Gasteiger partial charge in [-0.15, -0.1) is 0 Å². The quantitative estimate of drug-likeness (QED) is 0.785. The van der Waals surface area contributed by atoms with E-state index in [-0.39, 0.29) is 5.75 Å². The molecule has 0 saturated heterocycles. The van der Waals surface area contributed by atoms with Crippen molar-refractivity contribution in [2.45, 2.75) is 13.1 Å². The van der Waals surface area contributed by atoms with Gasteiger partial charge in [0.2, 0.25) is 0 Å². The second kappa shape index (κ2) is 4.14. The fourth-order valence-corrected chi connectivity index (χ4v) is 1.39. The largest absolute Gasteiger partial charge is 0.508 e. The summed E-state index contributed by atoms with van der Waals surface area (Å²) in [5.41, 5.74) is 7.61. The predicted molar refractivity (Wildman–Crippen MR) is 57.3 cm³/mol. The molecule has 1 aromatic carbocycles. The number of phenols is 1. The minimum atomic E-state index is 0.280. The van der Waals surface area contributed by atoms with Gasteiger partial charge in [0.25, 0.3) is 0 Å². The van der Waals surface area contributed by atoms with E-state index in [1.807, 2.05) is 23.0 Å². The summed E-state index contributed by atoms with van der Waals surface area (Å²) in [5.74, 6) is 0.280. The van der Waals surface area contributed by atoms with Gasteiger partial charge in [0.15, 0.2) is 0 Å². The Labute approximate surface area is 88.0 Å². The number of rotatable bonds is 3. The summed E-state index contributed by atoms with van der Waals surface area (Å²) >= 11 is 0. The molecule has 0 radical (unpaired) electrons. The van der Waals surface area contributed by atoms with Crippen molar-refractivity contribution in [1.82, 2.24) is 9.78 Å². The molecule has 2 aromatic rings. The lowest BCUT2D eigenvalue weighted by Gasteiger charge is -2.01. The molecule has 0 spiro atoms. The number of nitrogens with two attached hydrogens (primary N) is 1. The van der Waals surface area contributed by atoms with Crippen LogP contribution in [0, 0.1) is 0 Å². The van der Waals surface area contributed by atoms with Gasteiger partial charge in [-0.3, -0.25) is 4.68 Å². The van der Waals surface area contributed by atoms with Crippen molar-refractivity contribution in [2.24, 2.45) is 5.73 Å². The van der Waals surface area contributed by atoms with Gasteiger partial charge in [0.1, 0.15) is 5.75 Å². The summed E-state index contributed by atoms with van der Waals surface area (Å²) in [5, 5.41) is 13.3. The van der Waals surface area contributed by atoms with Gasteiger partial charge in [0, 0.05) is 18.3 Å². The molecular weight excluding hydrogens is 190 g/mol. The molecule has 0 bridgehead atoms. The summed E-state index contributed by atoms with van der Waals surface area (Å²) in [6.07, 6.45) is 3.69. The number of hydrogen-bond acceptors (Lipinski definition) is 3. The topological polar surface area (TPSA) is 64.1 Å². The molecule has 0 unspecified atom stereocenters. The van der Waals surface area contributed by atoms with Crippen LogP contribution in [-0.2, 0) is 13.1 Å². The maximum absolute atomic E-state index is 9.13. The van der Waals surface area contributed by atoms with E-state index >= 15 is 0 Å². The second-order valence-electron chi connectivity index (χ2n) is 3.42. The molecule has 0 atom stereocenters. The van der Waals surface area contributed by atoms with Crippen LogP contribution in [0.3, 0.4) is 0 Å². The lowest BCUT2D eigenvalue weighted by atomic mass is 10.2. The number of nitrogens with zero attached hydrogens (tertiary/aromatic N) is 2. The predicted octanol–water partition coefficient (Wildman–Crippen LogP) is 1.10. The van der Waals surface area contributed by atoms with Gasteiger partial charge in [-0.2, -0.15) is 5.10 Å². The molecule has 0 aliphatic heterocycles. The van der Waals surface area contributed by atoms with Crippen LogP contribution in [0.25, 0.3) is 0 Å². The van der Waals surface area contributed by atoms with Gasteiger partial charge >= 0.3 is 0 Å². The van der Waals surface area contributed by atoms with E-state index in [0.29, 0.717) is 13.1 Å². The third-order valence-corrected chi connectivity index (χ3v) is 2.20. The van der Waals surface area contributed by atoms with Crippen LogP contribution >= 0.6 is 0 Å².